The summed E-state index contributed by atoms with van der Waals surface area (Å²) in [6, 6.07) is 7.50. The number of nitrogens with zero attached hydrogens (tertiary/aromatic N) is 3. The molecule has 3 rings (SSSR count). The molecule has 1 aromatic heterocycles. The maximum absolute atomic E-state index is 12.8. The predicted octanol–water partition coefficient (Wildman–Crippen LogP) is 2.72. The van der Waals surface area contributed by atoms with E-state index in [2.05, 4.69) is 5.10 Å². The molecular weight excluding hydrogens is 342 g/mol. The lowest BCUT2D eigenvalue weighted by Gasteiger charge is -2.40. The molecule has 1 aliphatic heterocycles. The molecule has 1 atom stereocenters. The van der Waals surface area contributed by atoms with E-state index in [0.717, 1.165) is 23.4 Å². The Bertz CT molecular complexity index is 830. The van der Waals surface area contributed by atoms with Crippen LogP contribution < -0.4 is 4.74 Å². The lowest BCUT2D eigenvalue weighted by Crippen LogP contribution is -2.48. The average molecular weight is 371 g/mol. The summed E-state index contributed by atoms with van der Waals surface area (Å²) in [5.41, 5.74) is 2.95. The molecular formula is C21H29N3O3. The van der Waals surface area contributed by atoms with Crippen molar-refractivity contribution in [3.8, 4) is 5.75 Å². The number of carbonyl (C=O) groups excluding carboxylic acids is 1. The summed E-state index contributed by atoms with van der Waals surface area (Å²) in [7, 11) is 1.60. The largest absolute Gasteiger partial charge is 0.496 e. The minimum absolute atomic E-state index is 0.0493. The number of ether oxygens (including phenoxy) is 1. The van der Waals surface area contributed by atoms with E-state index in [1.54, 1.807) is 12.0 Å². The first kappa shape index (κ1) is 19.4. The summed E-state index contributed by atoms with van der Waals surface area (Å²) in [4.78, 5) is 14.6. The molecule has 1 aromatic carbocycles. The van der Waals surface area contributed by atoms with Crippen LogP contribution in [0.4, 0.5) is 0 Å². The molecule has 0 unspecified atom stereocenters. The maximum atomic E-state index is 12.8. The Kier molecular flexibility index (Phi) is 5.56. The molecule has 2 aromatic rings. The number of piperidine rings is 1. The zero-order valence-electron chi connectivity index (χ0n) is 16.7. The van der Waals surface area contributed by atoms with E-state index >= 15 is 0 Å². The lowest BCUT2D eigenvalue weighted by atomic mass is 9.85. The summed E-state index contributed by atoms with van der Waals surface area (Å²) >= 11 is 0. The van der Waals surface area contributed by atoms with Crippen molar-refractivity contribution in [2.75, 3.05) is 20.2 Å². The quantitative estimate of drug-likeness (QED) is 0.878. The van der Waals surface area contributed by atoms with Gasteiger partial charge in [-0.2, -0.15) is 5.10 Å². The van der Waals surface area contributed by atoms with Crippen molar-refractivity contribution < 1.29 is 14.6 Å². The monoisotopic (exact) mass is 371 g/mol. The van der Waals surface area contributed by atoms with Crippen molar-refractivity contribution in [2.45, 2.75) is 52.2 Å². The Hall–Kier alpha value is -2.34. The number of para-hydroxylation sites is 1. The molecule has 1 aliphatic rings. The van der Waals surface area contributed by atoms with Crippen LogP contribution in [-0.4, -0.2) is 45.9 Å². The summed E-state index contributed by atoms with van der Waals surface area (Å²) in [5, 5.41) is 15.8. The van der Waals surface area contributed by atoms with Crippen LogP contribution in [0.25, 0.3) is 0 Å². The minimum atomic E-state index is -1.07. The van der Waals surface area contributed by atoms with E-state index in [1.807, 2.05) is 49.7 Å². The van der Waals surface area contributed by atoms with Gasteiger partial charge in [-0.15, -0.1) is 0 Å². The second kappa shape index (κ2) is 7.72. The molecule has 2 heterocycles. The van der Waals surface area contributed by atoms with Crippen molar-refractivity contribution in [3.63, 3.8) is 0 Å². The maximum Gasteiger partial charge on any atom is 0.224 e. The van der Waals surface area contributed by atoms with Crippen LogP contribution in [0.15, 0.2) is 24.3 Å². The van der Waals surface area contributed by atoms with Gasteiger partial charge in [-0.1, -0.05) is 18.2 Å². The zero-order chi connectivity index (χ0) is 19.6. The van der Waals surface area contributed by atoms with Crippen molar-refractivity contribution >= 4 is 5.91 Å². The van der Waals surface area contributed by atoms with Gasteiger partial charge in [0.05, 0.1) is 19.3 Å². The second-order valence-electron chi connectivity index (χ2n) is 7.42. The van der Waals surface area contributed by atoms with E-state index in [0.29, 0.717) is 38.2 Å². The Balaban J connectivity index is 1.70. The van der Waals surface area contributed by atoms with Crippen molar-refractivity contribution in [1.82, 2.24) is 14.7 Å². The fourth-order valence-electron chi connectivity index (χ4n) is 3.86. The molecule has 1 N–H and O–H groups in total. The number of likely N-dealkylation sites (tertiary alicyclic amines) is 1. The number of aliphatic hydroxyl groups is 1. The smallest absolute Gasteiger partial charge is 0.224 e. The van der Waals surface area contributed by atoms with Gasteiger partial charge in [0.2, 0.25) is 5.91 Å². The first-order valence-electron chi connectivity index (χ1n) is 9.50. The van der Waals surface area contributed by atoms with Gasteiger partial charge in [-0.05, 0) is 45.2 Å². The normalized spacial score (nSPS) is 20.0. The van der Waals surface area contributed by atoms with E-state index in [1.165, 1.54) is 5.56 Å². The minimum Gasteiger partial charge on any atom is -0.496 e. The molecule has 1 fully saturated rings. The highest BCUT2D eigenvalue weighted by molar-refractivity contribution is 5.76. The molecule has 1 amide bonds. The fourth-order valence-corrected chi connectivity index (χ4v) is 3.86. The number of aromatic nitrogens is 2. The van der Waals surface area contributed by atoms with Crippen molar-refractivity contribution in [2.24, 2.45) is 0 Å². The zero-order valence-corrected chi connectivity index (χ0v) is 16.7. The summed E-state index contributed by atoms with van der Waals surface area (Å²) in [6.45, 7) is 7.59. The van der Waals surface area contributed by atoms with Crippen molar-refractivity contribution in [3.05, 3.63) is 46.8 Å². The molecule has 0 saturated carbocycles. The summed E-state index contributed by atoms with van der Waals surface area (Å²) < 4.78 is 7.32. The molecule has 0 aliphatic carbocycles. The Labute approximate surface area is 160 Å². The van der Waals surface area contributed by atoms with Crippen molar-refractivity contribution in [1.29, 1.82) is 0 Å². The van der Waals surface area contributed by atoms with Gasteiger partial charge in [0, 0.05) is 30.8 Å². The number of β-amino-alcohol motifs (C(OH)–C–C–N with tert-alkyl or cyclic N) is 1. The van der Waals surface area contributed by atoms with Crippen LogP contribution in [-0.2, 0) is 16.9 Å². The van der Waals surface area contributed by atoms with Gasteiger partial charge < -0.3 is 14.7 Å². The fraction of sp³-hybridized carbons (Fsp3) is 0.524. The molecule has 6 heteroatoms. The molecule has 0 spiro atoms. The van der Waals surface area contributed by atoms with Gasteiger partial charge in [0.25, 0.3) is 0 Å². The van der Waals surface area contributed by atoms with Crippen LogP contribution in [0, 0.1) is 20.8 Å². The van der Waals surface area contributed by atoms with E-state index in [-0.39, 0.29) is 5.91 Å². The highest BCUT2D eigenvalue weighted by Crippen LogP contribution is 2.37. The second-order valence-corrected chi connectivity index (χ2v) is 7.42. The Morgan fingerprint density at radius 1 is 1.30 bits per heavy atom. The highest BCUT2D eigenvalue weighted by Gasteiger charge is 2.38. The van der Waals surface area contributed by atoms with Gasteiger partial charge in [-0.3, -0.25) is 9.48 Å². The number of carbonyl (C=O) groups is 1. The number of aryl methyl sites for hydroxylation is 2. The highest BCUT2D eigenvalue weighted by atomic mass is 16.5. The third-order valence-electron chi connectivity index (χ3n) is 5.71. The summed E-state index contributed by atoms with van der Waals surface area (Å²) in [6.07, 6.45) is 1.76. The topological polar surface area (TPSA) is 67.6 Å². The number of hydrogen-bond acceptors (Lipinski definition) is 4. The van der Waals surface area contributed by atoms with Gasteiger partial charge in [-0.25, -0.2) is 0 Å². The van der Waals surface area contributed by atoms with Crippen LogP contribution in [0.2, 0.25) is 0 Å². The standard InChI is InChI=1S/C21H29N3O3/c1-15-16(2)22-24(17(15)3)13-10-20(25)23-12-7-11-21(26,14-23)18-8-5-6-9-19(18)27-4/h5-6,8-9,26H,7,10-14H2,1-4H3/t21-/m1/s1. The molecule has 0 radical (unpaired) electrons. The third-order valence-corrected chi connectivity index (χ3v) is 5.71. The molecule has 1 saturated heterocycles. The number of amides is 1. The number of benzene rings is 1. The molecule has 6 nitrogen and oxygen atoms in total. The third kappa shape index (κ3) is 3.86. The van der Waals surface area contributed by atoms with Gasteiger partial charge in [0.1, 0.15) is 11.4 Å². The number of rotatable bonds is 5. The van der Waals surface area contributed by atoms with Crippen LogP contribution >= 0.6 is 0 Å². The number of methoxy groups -OCH3 is 1. The van der Waals surface area contributed by atoms with Crippen LogP contribution in [0.5, 0.6) is 5.75 Å². The molecule has 146 valence electrons. The number of hydrogen-bond donors (Lipinski definition) is 1. The SMILES string of the molecule is COc1ccccc1[C@@]1(O)CCCN(C(=O)CCn2nc(C)c(C)c2C)C1. The van der Waals surface area contributed by atoms with Crippen LogP contribution in [0.1, 0.15) is 41.8 Å². The molecule has 27 heavy (non-hydrogen) atoms. The van der Waals surface area contributed by atoms with Gasteiger partial charge in [0.15, 0.2) is 0 Å². The Morgan fingerprint density at radius 3 is 2.70 bits per heavy atom. The average Bonchev–Trinajstić information content (AvgIpc) is 2.92. The lowest BCUT2D eigenvalue weighted by molar-refractivity contribution is -0.139. The Morgan fingerprint density at radius 2 is 2.04 bits per heavy atom. The van der Waals surface area contributed by atoms with E-state index in [9.17, 15) is 9.90 Å². The first-order chi connectivity index (χ1) is 12.9. The summed E-state index contributed by atoms with van der Waals surface area (Å²) in [5.74, 6) is 0.709. The van der Waals surface area contributed by atoms with E-state index < -0.39 is 5.60 Å². The van der Waals surface area contributed by atoms with Gasteiger partial charge >= 0.3 is 0 Å². The van der Waals surface area contributed by atoms with Crippen LogP contribution in [0.3, 0.4) is 0 Å². The molecule has 0 bridgehead atoms. The predicted molar refractivity (Wildman–Crippen MR) is 104 cm³/mol. The first-order valence-corrected chi connectivity index (χ1v) is 9.50. The van der Waals surface area contributed by atoms with E-state index in [4.69, 9.17) is 4.74 Å².